The van der Waals surface area contributed by atoms with E-state index in [2.05, 4.69) is 54.0 Å². The fourth-order valence-electron chi connectivity index (χ4n) is 5.51. The molecule has 148 valence electrons. The van der Waals surface area contributed by atoms with E-state index < -0.39 is 0 Å². The van der Waals surface area contributed by atoms with Crippen molar-refractivity contribution >= 4 is 16.8 Å². The van der Waals surface area contributed by atoms with E-state index in [1.54, 1.807) is 7.11 Å². The van der Waals surface area contributed by atoms with Gasteiger partial charge in [-0.1, -0.05) is 36.9 Å². The van der Waals surface area contributed by atoms with E-state index in [0.29, 0.717) is 5.92 Å². The highest BCUT2D eigenvalue weighted by atomic mass is 16.5. The number of hydrogen-bond donors (Lipinski definition) is 1. The van der Waals surface area contributed by atoms with Crippen molar-refractivity contribution in [2.45, 2.75) is 24.7 Å². The third-order valence-electron chi connectivity index (χ3n) is 7.03. The van der Waals surface area contributed by atoms with E-state index in [-0.39, 0.29) is 11.3 Å². The Morgan fingerprint density at radius 3 is 2.97 bits per heavy atom. The van der Waals surface area contributed by atoms with E-state index in [0.717, 1.165) is 38.1 Å². The van der Waals surface area contributed by atoms with Gasteiger partial charge in [0.25, 0.3) is 0 Å². The largest absolute Gasteiger partial charge is 0.497 e. The number of aromatic amines is 1. The Kier molecular flexibility index (Phi) is 4.23. The molecule has 5 rings (SSSR count). The predicted octanol–water partition coefficient (Wildman–Crippen LogP) is 4.25. The average Bonchev–Trinajstić information content (AvgIpc) is 3.13. The molecule has 3 aromatic rings. The number of amides is 1. The van der Waals surface area contributed by atoms with Gasteiger partial charge in [-0.2, -0.15) is 0 Å². The van der Waals surface area contributed by atoms with Crippen molar-refractivity contribution in [3.63, 3.8) is 0 Å². The lowest BCUT2D eigenvalue weighted by Crippen LogP contribution is -2.54. The number of nitrogens with zero attached hydrogens (tertiary/aromatic N) is 1. The maximum absolute atomic E-state index is 12.4. The summed E-state index contributed by atoms with van der Waals surface area (Å²) in [6, 6.07) is 17.1. The van der Waals surface area contributed by atoms with Crippen LogP contribution in [0.5, 0.6) is 5.75 Å². The van der Waals surface area contributed by atoms with E-state index >= 15 is 0 Å². The van der Waals surface area contributed by atoms with E-state index in [9.17, 15) is 4.79 Å². The Labute approximate surface area is 171 Å². The molecule has 2 atom stereocenters. The van der Waals surface area contributed by atoms with Crippen LogP contribution in [-0.4, -0.2) is 36.0 Å². The lowest BCUT2D eigenvalue weighted by molar-refractivity contribution is -0.129. The van der Waals surface area contributed by atoms with Crippen LogP contribution in [0.25, 0.3) is 10.9 Å². The lowest BCUT2D eigenvalue weighted by atomic mass is 9.58. The second-order valence-electron chi connectivity index (χ2n) is 8.33. The van der Waals surface area contributed by atoms with Crippen LogP contribution in [0, 0.1) is 5.92 Å². The van der Waals surface area contributed by atoms with Crippen molar-refractivity contribution in [1.29, 1.82) is 0 Å². The quantitative estimate of drug-likeness (QED) is 0.684. The molecule has 2 unspecified atom stereocenters. The molecule has 1 aliphatic heterocycles. The minimum absolute atomic E-state index is 0.000363. The molecule has 1 aromatic heterocycles. The van der Waals surface area contributed by atoms with Gasteiger partial charge in [-0.15, -0.1) is 0 Å². The minimum Gasteiger partial charge on any atom is -0.497 e. The van der Waals surface area contributed by atoms with Crippen LogP contribution in [0.4, 0.5) is 0 Å². The van der Waals surface area contributed by atoms with Crippen LogP contribution < -0.4 is 4.74 Å². The van der Waals surface area contributed by atoms with Gasteiger partial charge in [-0.25, -0.2) is 0 Å². The number of piperidine rings is 1. The second kappa shape index (κ2) is 6.80. The second-order valence-corrected chi connectivity index (χ2v) is 8.33. The van der Waals surface area contributed by atoms with Crippen LogP contribution in [0.15, 0.2) is 61.2 Å². The molecule has 0 saturated carbocycles. The molecular formula is C25H26N2O2. The van der Waals surface area contributed by atoms with Gasteiger partial charge >= 0.3 is 0 Å². The van der Waals surface area contributed by atoms with Crippen LogP contribution in [0.2, 0.25) is 0 Å². The number of aromatic nitrogens is 1. The zero-order chi connectivity index (χ0) is 20.0. The Bertz CT molecular complexity index is 1100. The molecule has 1 aliphatic carbocycles. The maximum Gasteiger partial charge on any atom is 0.245 e. The zero-order valence-electron chi connectivity index (χ0n) is 16.8. The van der Waals surface area contributed by atoms with Crippen LogP contribution in [-0.2, 0) is 23.1 Å². The van der Waals surface area contributed by atoms with E-state index in [1.165, 1.54) is 33.8 Å². The van der Waals surface area contributed by atoms with Crippen molar-refractivity contribution in [3.8, 4) is 5.75 Å². The number of likely N-dealkylation sites (tertiary alicyclic amines) is 1. The summed E-state index contributed by atoms with van der Waals surface area (Å²) in [5, 5.41) is 1.31. The number of benzene rings is 2. The van der Waals surface area contributed by atoms with Gasteiger partial charge in [0.2, 0.25) is 5.91 Å². The van der Waals surface area contributed by atoms with Crippen molar-refractivity contribution in [2.24, 2.45) is 5.92 Å². The molecule has 1 amide bonds. The van der Waals surface area contributed by atoms with Gasteiger partial charge < -0.3 is 14.6 Å². The van der Waals surface area contributed by atoms with Gasteiger partial charge in [0.05, 0.1) is 7.11 Å². The molecule has 2 aromatic carbocycles. The summed E-state index contributed by atoms with van der Waals surface area (Å²) < 4.78 is 5.53. The van der Waals surface area contributed by atoms with Crippen molar-refractivity contribution < 1.29 is 9.53 Å². The molecule has 2 aliphatic rings. The SMILES string of the molecule is C=CC(=O)N1CCC2(c3cccc(OC)c3)Cc3[nH]c4ccccc4c3CC2C1. The Morgan fingerprint density at radius 1 is 1.28 bits per heavy atom. The number of carbonyl (C=O) groups is 1. The van der Waals surface area contributed by atoms with Gasteiger partial charge in [-0.3, -0.25) is 4.79 Å². The van der Waals surface area contributed by atoms with Crippen LogP contribution in [0.3, 0.4) is 0 Å². The normalized spacial score (nSPS) is 23.3. The molecule has 1 saturated heterocycles. The van der Waals surface area contributed by atoms with Crippen LogP contribution >= 0.6 is 0 Å². The number of H-pyrrole nitrogens is 1. The average molecular weight is 386 g/mol. The molecule has 4 nitrogen and oxygen atoms in total. The third-order valence-corrected chi connectivity index (χ3v) is 7.03. The summed E-state index contributed by atoms with van der Waals surface area (Å²) in [7, 11) is 1.72. The van der Waals surface area contributed by atoms with E-state index in [1.807, 2.05) is 11.0 Å². The molecule has 0 spiro atoms. The first kappa shape index (κ1) is 18.0. The summed E-state index contributed by atoms with van der Waals surface area (Å²) in [6.45, 7) is 5.22. The minimum atomic E-state index is 0.000363. The Hall–Kier alpha value is -3.01. The zero-order valence-corrected chi connectivity index (χ0v) is 16.8. The maximum atomic E-state index is 12.4. The molecular weight excluding hydrogens is 360 g/mol. The van der Waals surface area contributed by atoms with Gasteiger partial charge in [0.15, 0.2) is 0 Å². The summed E-state index contributed by atoms with van der Waals surface area (Å²) in [5.74, 6) is 1.29. The number of hydrogen-bond acceptors (Lipinski definition) is 2. The number of para-hydroxylation sites is 1. The number of fused-ring (bicyclic) bond motifs is 4. The monoisotopic (exact) mass is 386 g/mol. The first-order valence-corrected chi connectivity index (χ1v) is 10.3. The predicted molar refractivity (Wildman–Crippen MR) is 115 cm³/mol. The highest BCUT2D eigenvalue weighted by Crippen LogP contribution is 2.49. The summed E-state index contributed by atoms with van der Waals surface area (Å²) >= 11 is 0. The van der Waals surface area contributed by atoms with Crippen molar-refractivity contribution in [1.82, 2.24) is 9.88 Å². The molecule has 0 bridgehead atoms. The number of carbonyl (C=O) groups excluding carboxylic acids is 1. The van der Waals surface area contributed by atoms with Crippen molar-refractivity contribution in [3.05, 3.63) is 78.0 Å². The van der Waals surface area contributed by atoms with Crippen LogP contribution in [0.1, 0.15) is 23.2 Å². The smallest absolute Gasteiger partial charge is 0.245 e. The number of nitrogens with one attached hydrogen (secondary N) is 1. The fraction of sp³-hybridized carbons (Fsp3) is 0.320. The topological polar surface area (TPSA) is 45.3 Å². The number of rotatable bonds is 3. The molecule has 0 radical (unpaired) electrons. The van der Waals surface area contributed by atoms with E-state index in [4.69, 9.17) is 4.74 Å². The lowest BCUT2D eigenvalue weighted by Gasteiger charge is -2.51. The Balaban J connectivity index is 1.64. The van der Waals surface area contributed by atoms with Gasteiger partial charge in [-0.05, 0) is 60.6 Å². The Morgan fingerprint density at radius 2 is 2.14 bits per heavy atom. The summed E-state index contributed by atoms with van der Waals surface area (Å²) in [4.78, 5) is 18.0. The molecule has 4 heteroatoms. The number of methoxy groups -OCH3 is 1. The standard InChI is InChI=1S/C25H26N2O2/c1-3-24(28)27-12-11-25(17-7-6-8-19(13-17)29-2)15-23-21(14-18(25)16-27)20-9-4-5-10-22(20)26-23/h3-10,13,18,26H,1,11-12,14-16H2,2H3. The first-order valence-electron chi connectivity index (χ1n) is 10.3. The summed E-state index contributed by atoms with van der Waals surface area (Å²) in [6.07, 6.45) is 4.32. The van der Waals surface area contributed by atoms with Crippen molar-refractivity contribution in [2.75, 3.05) is 20.2 Å². The van der Waals surface area contributed by atoms with Gasteiger partial charge in [0, 0.05) is 35.1 Å². The molecule has 1 N–H and O–H groups in total. The number of ether oxygens (including phenoxy) is 1. The highest BCUT2D eigenvalue weighted by Gasteiger charge is 2.48. The highest BCUT2D eigenvalue weighted by molar-refractivity contribution is 5.87. The first-order chi connectivity index (χ1) is 14.1. The van der Waals surface area contributed by atoms with Gasteiger partial charge in [0.1, 0.15) is 5.75 Å². The molecule has 29 heavy (non-hydrogen) atoms. The molecule has 1 fully saturated rings. The molecule has 2 heterocycles. The summed E-state index contributed by atoms with van der Waals surface area (Å²) in [5.41, 5.74) is 5.28. The fourth-order valence-corrected chi connectivity index (χ4v) is 5.51. The third kappa shape index (κ3) is 2.78.